The van der Waals surface area contributed by atoms with Crippen LogP contribution in [0.5, 0.6) is 5.75 Å². The largest absolute Gasteiger partial charge is 0.497 e. The SMILES string of the molecule is COc1ccc(CN2C(=O)C[C@@H](OC)[C@@]23CCCCO3)cc1. The minimum Gasteiger partial charge on any atom is -0.497 e. The van der Waals surface area contributed by atoms with E-state index >= 15 is 0 Å². The van der Waals surface area contributed by atoms with Gasteiger partial charge < -0.3 is 19.1 Å². The van der Waals surface area contributed by atoms with Crippen LogP contribution in [-0.4, -0.2) is 43.5 Å². The summed E-state index contributed by atoms with van der Waals surface area (Å²) in [5.74, 6) is 0.916. The minimum atomic E-state index is -0.593. The molecular weight excluding hydrogens is 282 g/mol. The average molecular weight is 305 g/mol. The molecule has 2 saturated heterocycles. The lowest BCUT2D eigenvalue weighted by molar-refractivity contribution is -0.212. The fourth-order valence-corrected chi connectivity index (χ4v) is 3.48. The molecule has 1 amide bonds. The third-order valence-electron chi connectivity index (χ3n) is 4.69. The zero-order valence-corrected chi connectivity index (χ0v) is 13.2. The molecule has 1 aromatic rings. The molecule has 22 heavy (non-hydrogen) atoms. The predicted octanol–water partition coefficient (Wildman–Crippen LogP) is 2.34. The van der Waals surface area contributed by atoms with Gasteiger partial charge >= 0.3 is 0 Å². The van der Waals surface area contributed by atoms with Crippen LogP contribution >= 0.6 is 0 Å². The van der Waals surface area contributed by atoms with Crippen molar-refractivity contribution in [2.75, 3.05) is 20.8 Å². The summed E-state index contributed by atoms with van der Waals surface area (Å²) >= 11 is 0. The first-order chi connectivity index (χ1) is 10.7. The van der Waals surface area contributed by atoms with Crippen molar-refractivity contribution < 1.29 is 19.0 Å². The number of hydrogen-bond donors (Lipinski definition) is 0. The molecule has 2 heterocycles. The normalized spacial score (nSPS) is 28.4. The number of benzene rings is 1. The van der Waals surface area contributed by atoms with Crippen molar-refractivity contribution in [3.05, 3.63) is 29.8 Å². The molecule has 2 fully saturated rings. The number of methoxy groups -OCH3 is 2. The molecule has 3 rings (SSSR count). The van der Waals surface area contributed by atoms with E-state index in [-0.39, 0.29) is 12.0 Å². The molecule has 0 aromatic heterocycles. The first kappa shape index (κ1) is 15.3. The van der Waals surface area contributed by atoms with Crippen LogP contribution in [0.1, 0.15) is 31.2 Å². The van der Waals surface area contributed by atoms with Crippen LogP contribution in [-0.2, 0) is 20.8 Å². The number of amides is 1. The molecule has 0 radical (unpaired) electrons. The van der Waals surface area contributed by atoms with Crippen molar-refractivity contribution in [3.8, 4) is 5.75 Å². The zero-order chi connectivity index (χ0) is 15.6. The molecule has 2 aliphatic heterocycles. The molecule has 2 aliphatic rings. The van der Waals surface area contributed by atoms with Crippen molar-refractivity contribution in [1.29, 1.82) is 0 Å². The van der Waals surface area contributed by atoms with Crippen LogP contribution in [0, 0.1) is 0 Å². The zero-order valence-electron chi connectivity index (χ0n) is 13.2. The quantitative estimate of drug-likeness (QED) is 0.856. The fourth-order valence-electron chi connectivity index (χ4n) is 3.48. The lowest BCUT2D eigenvalue weighted by Gasteiger charge is -2.43. The van der Waals surface area contributed by atoms with Crippen molar-refractivity contribution in [3.63, 3.8) is 0 Å². The van der Waals surface area contributed by atoms with Crippen LogP contribution in [0.2, 0.25) is 0 Å². The summed E-state index contributed by atoms with van der Waals surface area (Å²) in [6.07, 6.45) is 3.16. The standard InChI is InChI=1S/C17H23NO4/c1-20-14-7-5-13(6-8-14)12-18-16(19)11-15(21-2)17(18)9-3-4-10-22-17/h5-8,15H,3-4,9-12H2,1-2H3/t15-,17+/m1/s1. The monoisotopic (exact) mass is 305 g/mol. The van der Waals surface area contributed by atoms with Gasteiger partial charge in [0.15, 0.2) is 5.72 Å². The molecule has 0 saturated carbocycles. The number of carbonyl (C=O) groups is 1. The van der Waals surface area contributed by atoms with E-state index in [1.54, 1.807) is 14.2 Å². The van der Waals surface area contributed by atoms with Crippen LogP contribution in [0.4, 0.5) is 0 Å². The highest BCUT2D eigenvalue weighted by Gasteiger charge is 2.54. The van der Waals surface area contributed by atoms with E-state index in [4.69, 9.17) is 14.2 Å². The summed E-state index contributed by atoms with van der Waals surface area (Å²) in [6, 6.07) is 7.81. The van der Waals surface area contributed by atoms with E-state index in [0.717, 1.165) is 30.6 Å². The Balaban J connectivity index is 1.84. The van der Waals surface area contributed by atoms with Gasteiger partial charge in [-0.15, -0.1) is 0 Å². The highest BCUT2D eigenvalue weighted by molar-refractivity contribution is 5.80. The van der Waals surface area contributed by atoms with Crippen LogP contribution in [0.3, 0.4) is 0 Å². The van der Waals surface area contributed by atoms with Crippen LogP contribution in [0.15, 0.2) is 24.3 Å². The van der Waals surface area contributed by atoms with Gasteiger partial charge in [0.2, 0.25) is 5.91 Å². The van der Waals surface area contributed by atoms with E-state index in [2.05, 4.69) is 0 Å². The van der Waals surface area contributed by atoms with Gasteiger partial charge in [0.25, 0.3) is 0 Å². The van der Waals surface area contributed by atoms with Gasteiger partial charge in [0.1, 0.15) is 11.9 Å². The second-order valence-corrected chi connectivity index (χ2v) is 5.91. The molecule has 120 valence electrons. The maximum atomic E-state index is 12.5. The summed E-state index contributed by atoms with van der Waals surface area (Å²) in [4.78, 5) is 14.3. The third kappa shape index (κ3) is 2.59. The Kier molecular flexibility index (Phi) is 4.36. The second kappa shape index (κ2) is 6.26. The Morgan fingerprint density at radius 2 is 2.05 bits per heavy atom. The van der Waals surface area contributed by atoms with Gasteiger partial charge in [-0.05, 0) is 37.0 Å². The second-order valence-electron chi connectivity index (χ2n) is 5.91. The number of likely N-dealkylation sites (tertiary alicyclic amines) is 1. The summed E-state index contributed by atoms with van der Waals surface area (Å²) in [5.41, 5.74) is 0.476. The third-order valence-corrected chi connectivity index (χ3v) is 4.69. The number of rotatable bonds is 4. The molecule has 0 bridgehead atoms. The smallest absolute Gasteiger partial charge is 0.228 e. The summed E-state index contributed by atoms with van der Waals surface area (Å²) < 4.78 is 16.8. The van der Waals surface area contributed by atoms with E-state index in [9.17, 15) is 4.79 Å². The minimum absolute atomic E-state index is 0.101. The Morgan fingerprint density at radius 1 is 1.27 bits per heavy atom. The molecule has 2 atom stereocenters. The highest BCUT2D eigenvalue weighted by atomic mass is 16.6. The molecule has 0 unspecified atom stereocenters. The number of hydrogen-bond acceptors (Lipinski definition) is 4. The Hall–Kier alpha value is -1.59. The molecule has 5 nitrogen and oxygen atoms in total. The van der Waals surface area contributed by atoms with Gasteiger partial charge in [-0.1, -0.05) is 12.1 Å². The maximum absolute atomic E-state index is 12.5. The van der Waals surface area contributed by atoms with Crippen molar-refractivity contribution in [1.82, 2.24) is 4.90 Å². The lowest BCUT2D eigenvalue weighted by Crippen LogP contribution is -2.55. The van der Waals surface area contributed by atoms with E-state index in [1.807, 2.05) is 29.2 Å². The maximum Gasteiger partial charge on any atom is 0.228 e. The first-order valence-electron chi connectivity index (χ1n) is 7.80. The van der Waals surface area contributed by atoms with Crippen LogP contribution < -0.4 is 4.74 Å². The molecule has 0 aliphatic carbocycles. The summed E-state index contributed by atoms with van der Waals surface area (Å²) in [7, 11) is 3.31. The average Bonchev–Trinajstić information content (AvgIpc) is 2.81. The van der Waals surface area contributed by atoms with Gasteiger partial charge in [-0.3, -0.25) is 4.79 Å². The van der Waals surface area contributed by atoms with Crippen LogP contribution in [0.25, 0.3) is 0 Å². The van der Waals surface area contributed by atoms with E-state index in [0.29, 0.717) is 19.6 Å². The highest BCUT2D eigenvalue weighted by Crippen LogP contribution is 2.41. The Labute approximate surface area is 131 Å². The molecule has 0 N–H and O–H groups in total. The number of ether oxygens (including phenoxy) is 3. The predicted molar refractivity (Wildman–Crippen MR) is 81.5 cm³/mol. The molecule has 5 heteroatoms. The van der Waals surface area contributed by atoms with Crippen molar-refractivity contribution in [2.45, 2.75) is 44.1 Å². The van der Waals surface area contributed by atoms with Crippen molar-refractivity contribution >= 4 is 5.91 Å². The Morgan fingerprint density at radius 3 is 2.64 bits per heavy atom. The fraction of sp³-hybridized carbons (Fsp3) is 0.588. The molecule has 1 aromatic carbocycles. The lowest BCUT2D eigenvalue weighted by atomic mass is 9.97. The molecule has 1 spiro atoms. The molecular formula is C17H23NO4. The van der Waals surface area contributed by atoms with Gasteiger partial charge in [0, 0.05) is 20.3 Å². The number of carbonyl (C=O) groups excluding carboxylic acids is 1. The Bertz CT molecular complexity index is 522. The first-order valence-corrected chi connectivity index (χ1v) is 7.80. The topological polar surface area (TPSA) is 48.0 Å². The van der Waals surface area contributed by atoms with Gasteiger partial charge in [-0.2, -0.15) is 0 Å². The summed E-state index contributed by atoms with van der Waals surface area (Å²) in [5, 5.41) is 0. The van der Waals surface area contributed by atoms with E-state index < -0.39 is 5.72 Å². The van der Waals surface area contributed by atoms with Gasteiger partial charge in [0.05, 0.1) is 13.5 Å². The van der Waals surface area contributed by atoms with Gasteiger partial charge in [-0.25, -0.2) is 0 Å². The number of nitrogens with zero attached hydrogens (tertiary/aromatic N) is 1. The summed E-state index contributed by atoms with van der Waals surface area (Å²) in [6.45, 7) is 1.23. The van der Waals surface area contributed by atoms with E-state index in [1.165, 1.54) is 0 Å². The van der Waals surface area contributed by atoms with Crippen molar-refractivity contribution in [2.24, 2.45) is 0 Å².